The maximum absolute atomic E-state index is 10.2. The van der Waals surface area contributed by atoms with Gasteiger partial charge in [-0.25, -0.2) is 0 Å². The number of hydrogen-bond acceptors (Lipinski definition) is 2. The average molecular weight is 281 g/mol. The quantitative estimate of drug-likeness (QED) is 0.883. The molecule has 1 spiro atoms. The summed E-state index contributed by atoms with van der Waals surface area (Å²) in [6, 6.07) is 5.74. The zero-order valence-corrected chi connectivity index (χ0v) is 12.1. The van der Waals surface area contributed by atoms with Gasteiger partial charge in [0, 0.05) is 16.9 Å². The van der Waals surface area contributed by atoms with Crippen LogP contribution in [0.3, 0.4) is 0 Å². The van der Waals surface area contributed by atoms with Gasteiger partial charge in [0.25, 0.3) is 0 Å². The Kier molecular flexibility index (Phi) is 3.48. The van der Waals surface area contributed by atoms with Crippen molar-refractivity contribution in [1.82, 2.24) is 0 Å². The van der Waals surface area contributed by atoms with Crippen molar-refractivity contribution in [3.8, 4) is 5.75 Å². The number of aryl methyl sites for hydroxylation is 1. The lowest BCUT2D eigenvalue weighted by molar-refractivity contribution is -0.172. The molecule has 3 heteroatoms. The third-order valence-electron chi connectivity index (χ3n) is 4.93. The first-order chi connectivity index (χ1) is 9.12. The molecule has 1 aromatic rings. The minimum atomic E-state index is -0.176. The van der Waals surface area contributed by atoms with E-state index in [9.17, 15) is 5.11 Å². The van der Waals surface area contributed by atoms with E-state index < -0.39 is 0 Å². The fraction of sp³-hybridized carbons (Fsp3) is 0.625. The summed E-state index contributed by atoms with van der Waals surface area (Å²) in [5, 5.41) is 10.9. The molecule has 0 aromatic heterocycles. The maximum atomic E-state index is 10.2. The zero-order chi connectivity index (χ0) is 13.5. The smallest absolute Gasteiger partial charge is 0.122 e. The summed E-state index contributed by atoms with van der Waals surface area (Å²) >= 11 is 5.97. The molecule has 2 saturated carbocycles. The lowest BCUT2D eigenvalue weighted by atomic mass is 9.56. The van der Waals surface area contributed by atoms with E-state index in [0.717, 1.165) is 35.6 Å². The minimum absolute atomic E-state index is 0.0182. The van der Waals surface area contributed by atoms with Gasteiger partial charge in [0.15, 0.2) is 0 Å². The average Bonchev–Trinajstić information content (AvgIpc) is 2.42. The Hall–Kier alpha value is -0.730. The fourth-order valence-corrected chi connectivity index (χ4v) is 3.88. The van der Waals surface area contributed by atoms with Crippen LogP contribution in [0.15, 0.2) is 18.2 Å². The Morgan fingerprint density at radius 3 is 2.63 bits per heavy atom. The van der Waals surface area contributed by atoms with Crippen molar-refractivity contribution in [3.63, 3.8) is 0 Å². The summed E-state index contributed by atoms with van der Waals surface area (Å²) in [4.78, 5) is 0. The van der Waals surface area contributed by atoms with Crippen LogP contribution in [0.25, 0.3) is 0 Å². The summed E-state index contributed by atoms with van der Waals surface area (Å²) in [5.41, 5.74) is 1.09. The van der Waals surface area contributed by atoms with Gasteiger partial charge in [-0.2, -0.15) is 0 Å². The van der Waals surface area contributed by atoms with Crippen molar-refractivity contribution in [3.05, 3.63) is 28.8 Å². The number of aliphatic hydroxyl groups excluding tert-OH is 1. The van der Waals surface area contributed by atoms with Crippen LogP contribution in [0.2, 0.25) is 5.02 Å². The first kappa shape index (κ1) is 13.3. The summed E-state index contributed by atoms with van der Waals surface area (Å²) in [6.45, 7) is 2.02. The highest BCUT2D eigenvalue weighted by molar-refractivity contribution is 6.30. The van der Waals surface area contributed by atoms with Crippen LogP contribution in [-0.2, 0) is 0 Å². The molecule has 1 aromatic carbocycles. The Morgan fingerprint density at radius 1 is 1.26 bits per heavy atom. The SMILES string of the molecule is Cc1cc(Cl)ccc1OC1CC(O)C12CCCCC2. The molecule has 19 heavy (non-hydrogen) atoms. The number of ether oxygens (including phenoxy) is 1. The van der Waals surface area contributed by atoms with Gasteiger partial charge in [-0.05, 0) is 43.5 Å². The lowest BCUT2D eigenvalue weighted by Crippen LogP contribution is -2.60. The summed E-state index contributed by atoms with van der Waals surface area (Å²) in [7, 11) is 0. The minimum Gasteiger partial charge on any atom is -0.489 e. The summed E-state index contributed by atoms with van der Waals surface area (Å²) in [6.07, 6.45) is 6.70. The fourth-order valence-electron chi connectivity index (χ4n) is 3.66. The largest absolute Gasteiger partial charge is 0.489 e. The van der Waals surface area contributed by atoms with E-state index in [2.05, 4.69) is 0 Å². The molecule has 0 amide bonds. The number of aliphatic hydroxyl groups is 1. The Labute approximate surface area is 119 Å². The Balaban J connectivity index is 1.76. The van der Waals surface area contributed by atoms with E-state index in [1.807, 2.05) is 25.1 Å². The number of rotatable bonds is 2. The van der Waals surface area contributed by atoms with Gasteiger partial charge in [-0.1, -0.05) is 30.9 Å². The maximum Gasteiger partial charge on any atom is 0.122 e. The van der Waals surface area contributed by atoms with E-state index >= 15 is 0 Å². The monoisotopic (exact) mass is 280 g/mol. The normalized spacial score (nSPS) is 29.0. The second kappa shape index (κ2) is 4.99. The van der Waals surface area contributed by atoms with Gasteiger partial charge < -0.3 is 9.84 Å². The lowest BCUT2D eigenvalue weighted by Gasteiger charge is -2.55. The highest BCUT2D eigenvalue weighted by atomic mass is 35.5. The van der Waals surface area contributed by atoms with Gasteiger partial charge in [-0.15, -0.1) is 0 Å². The highest BCUT2D eigenvalue weighted by Gasteiger charge is 2.56. The molecular weight excluding hydrogens is 260 g/mol. The highest BCUT2D eigenvalue weighted by Crippen LogP contribution is 2.53. The Morgan fingerprint density at radius 2 is 2.00 bits per heavy atom. The van der Waals surface area contributed by atoms with Crippen molar-refractivity contribution in [2.45, 2.75) is 57.7 Å². The molecule has 2 aliphatic rings. The van der Waals surface area contributed by atoms with Gasteiger partial charge in [0.2, 0.25) is 0 Å². The molecule has 0 aliphatic heterocycles. The first-order valence-corrected chi connectivity index (χ1v) is 7.60. The van der Waals surface area contributed by atoms with Crippen LogP contribution < -0.4 is 4.74 Å². The molecule has 104 valence electrons. The number of hydrogen-bond donors (Lipinski definition) is 1. The molecule has 0 saturated heterocycles. The van der Waals surface area contributed by atoms with Crippen molar-refractivity contribution >= 4 is 11.6 Å². The third kappa shape index (κ3) is 2.25. The second-order valence-corrected chi connectivity index (χ2v) is 6.50. The zero-order valence-electron chi connectivity index (χ0n) is 11.4. The van der Waals surface area contributed by atoms with Crippen molar-refractivity contribution < 1.29 is 9.84 Å². The predicted octanol–water partition coefficient (Wildman–Crippen LogP) is 4.11. The van der Waals surface area contributed by atoms with E-state index in [1.165, 1.54) is 19.3 Å². The van der Waals surface area contributed by atoms with Crippen LogP contribution in [0.4, 0.5) is 0 Å². The second-order valence-electron chi connectivity index (χ2n) is 6.06. The molecular formula is C16H21ClO2. The molecule has 2 atom stereocenters. The molecule has 2 fully saturated rings. The standard InChI is InChI=1S/C16H21ClO2/c1-11-9-12(17)5-6-13(11)19-15-10-14(18)16(15)7-3-2-4-8-16/h5-6,9,14-15,18H,2-4,7-8,10H2,1H3. The number of benzene rings is 1. The molecule has 3 rings (SSSR count). The molecule has 2 nitrogen and oxygen atoms in total. The first-order valence-electron chi connectivity index (χ1n) is 7.23. The van der Waals surface area contributed by atoms with Gasteiger partial charge >= 0.3 is 0 Å². The predicted molar refractivity (Wildman–Crippen MR) is 76.7 cm³/mol. The summed E-state index contributed by atoms with van der Waals surface area (Å²) < 4.78 is 6.18. The van der Waals surface area contributed by atoms with Crippen LogP contribution in [0, 0.1) is 12.3 Å². The van der Waals surface area contributed by atoms with Crippen LogP contribution in [0.1, 0.15) is 44.1 Å². The van der Waals surface area contributed by atoms with Crippen LogP contribution in [0.5, 0.6) is 5.75 Å². The van der Waals surface area contributed by atoms with Crippen LogP contribution in [-0.4, -0.2) is 17.3 Å². The van der Waals surface area contributed by atoms with Gasteiger partial charge in [0.05, 0.1) is 6.10 Å². The van der Waals surface area contributed by atoms with Gasteiger partial charge in [0.1, 0.15) is 11.9 Å². The third-order valence-corrected chi connectivity index (χ3v) is 5.17. The van der Waals surface area contributed by atoms with Crippen molar-refractivity contribution in [2.75, 3.05) is 0 Å². The Bertz CT molecular complexity index is 466. The van der Waals surface area contributed by atoms with E-state index in [0.29, 0.717) is 0 Å². The van der Waals surface area contributed by atoms with Crippen molar-refractivity contribution in [1.29, 1.82) is 0 Å². The van der Waals surface area contributed by atoms with Crippen molar-refractivity contribution in [2.24, 2.45) is 5.41 Å². The van der Waals surface area contributed by atoms with E-state index in [1.54, 1.807) is 0 Å². The molecule has 2 unspecified atom stereocenters. The molecule has 1 N–H and O–H groups in total. The van der Waals surface area contributed by atoms with E-state index in [4.69, 9.17) is 16.3 Å². The molecule has 0 heterocycles. The van der Waals surface area contributed by atoms with Crippen LogP contribution >= 0.6 is 11.6 Å². The molecule has 0 radical (unpaired) electrons. The topological polar surface area (TPSA) is 29.5 Å². The molecule has 2 aliphatic carbocycles. The van der Waals surface area contributed by atoms with Gasteiger partial charge in [-0.3, -0.25) is 0 Å². The van der Waals surface area contributed by atoms with E-state index in [-0.39, 0.29) is 17.6 Å². The number of halogens is 1. The summed E-state index contributed by atoms with van der Waals surface area (Å²) in [5.74, 6) is 0.909. The molecule has 0 bridgehead atoms.